The van der Waals surface area contributed by atoms with E-state index in [0.29, 0.717) is 17.4 Å². The van der Waals surface area contributed by atoms with Crippen LogP contribution < -0.4 is 0 Å². The molecular weight excluding hydrogens is 370 g/mol. The van der Waals surface area contributed by atoms with Gasteiger partial charge in [-0.1, -0.05) is 52.8 Å². The SMILES string of the molecule is CCCN(CCC)CC1C2CCC(C)(C1OC(=O)c1ccccc1)C2(C)C.Cl. The Balaban J connectivity index is 0.00000280. The van der Waals surface area contributed by atoms with Gasteiger partial charge in [-0.3, -0.25) is 0 Å². The second kappa shape index (κ2) is 9.17. The maximum atomic E-state index is 12.9. The lowest BCUT2D eigenvalue weighted by atomic mass is 9.70. The highest BCUT2D eigenvalue weighted by molar-refractivity contribution is 5.89. The molecule has 0 aromatic heterocycles. The molecule has 3 rings (SSSR count). The first-order valence-electron chi connectivity index (χ1n) is 10.8. The number of carbonyl (C=O) groups excluding carboxylic acids is 1. The molecule has 28 heavy (non-hydrogen) atoms. The minimum absolute atomic E-state index is 0. The van der Waals surface area contributed by atoms with Gasteiger partial charge in [0.1, 0.15) is 6.10 Å². The maximum absolute atomic E-state index is 12.9. The van der Waals surface area contributed by atoms with Gasteiger partial charge in [-0.05, 0) is 62.2 Å². The van der Waals surface area contributed by atoms with Gasteiger partial charge in [-0.15, -0.1) is 12.4 Å². The zero-order valence-corrected chi connectivity index (χ0v) is 19.1. The van der Waals surface area contributed by atoms with Crippen molar-refractivity contribution >= 4 is 18.4 Å². The van der Waals surface area contributed by atoms with E-state index in [-0.39, 0.29) is 35.3 Å². The number of carbonyl (C=O) groups is 1. The molecular formula is C24H38ClNO2. The molecule has 0 N–H and O–H groups in total. The third-order valence-electron chi connectivity index (χ3n) is 7.70. The van der Waals surface area contributed by atoms with Crippen LogP contribution in [-0.2, 0) is 4.74 Å². The van der Waals surface area contributed by atoms with E-state index in [1.807, 2.05) is 30.3 Å². The van der Waals surface area contributed by atoms with Gasteiger partial charge in [0.05, 0.1) is 5.56 Å². The lowest BCUT2D eigenvalue weighted by molar-refractivity contribution is -0.0460. The molecule has 2 saturated carbocycles. The van der Waals surface area contributed by atoms with E-state index in [1.54, 1.807) is 0 Å². The van der Waals surface area contributed by atoms with Crippen molar-refractivity contribution in [1.29, 1.82) is 0 Å². The number of esters is 1. The highest BCUT2D eigenvalue weighted by Crippen LogP contribution is 2.68. The molecule has 4 atom stereocenters. The average molecular weight is 408 g/mol. The van der Waals surface area contributed by atoms with Crippen molar-refractivity contribution in [2.45, 2.75) is 66.4 Å². The Kier molecular flexibility index (Phi) is 7.61. The smallest absolute Gasteiger partial charge is 0.338 e. The molecule has 4 unspecified atom stereocenters. The molecule has 2 fully saturated rings. The van der Waals surface area contributed by atoms with Crippen molar-refractivity contribution in [3.05, 3.63) is 35.9 Å². The first kappa shape index (κ1) is 23.2. The normalized spacial score (nSPS) is 30.3. The molecule has 1 aromatic carbocycles. The number of ether oxygens (including phenoxy) is 1. The van der Waals surface area contributed by atoms with Crippen molar-refractivity contribution in [1.82, 2.24) is 4.90 Å². The Morgan fingerprint density at radius 2 is 1.71 bits per heavy atom. The van der Waals surface area contributed by atoms with Crippen molar-refractivity contribution in [3.8, 4) is 0 Å². The molecule has 2 bridgehead atoms. The fraction of sp³-hybridized carbons (Fsp3) is 0.708. The van der Waals surface area contributed by atoms with Crippen LogP contribution in [0, 0.1) is 22.7 Å². The number of rotatable bonds is 8. The van der Waals surface area contributed by atoms with Crippen LogP contribution in [0.25, 0.3) is 0 Å². The minimum Gasteiger partial charge on any atom is -0.458 e. The summed E-state index contributed by atoms with van der Waals surface area (Å²) < 4.78 is 6.27. The number of halogens is 1. The largest absolute Gasteiger partial charge is 0.458 e. The number of hydrogen-bond donors (Lipinski definition) is 0. The van der Waals surface area contributed by atoms with Crippen LogP contribution in [0.5, 0.6) is 0 Å². The molecule has 0 heterocycles. The summed E-state index contributed by atoms with van der Waals surface area (Å²) in [5, 5.41) is 0. The average Bonchev–Trinajstić information content (AvgIpc) is 2.96. The van der Waals surface area contributed by atoms with Gasteiger partial charge in [0, 0.05) is 17.9 Å². The van der Waals surface area contributed by atoms with E-state index in [1.165, 1.54) is 19.3 Å². The molecule has 3 nitrogen and oxygen atoms in total. The summed E-state index contributed by atoms with van der Waals surface area (Å²) in [6, 6.07) is 9.47. The van der Waals surface area contributed by atoms with Crippen LogP contribution in [0.2, 0.25) is 0 Å². The Morgan fingerprint density at radius 3 is 2.29 bits per heavy atom. The van der Waals surface area contributed by atoms with E-state index in [2.05, 4.69) is 39.5 Å². The van der Waals surface area contributed by atoms with Crippen LogP contribution in [-0.4, -0.2) is 36.6 Å². The number of nitrogens with zero attached hydrogens (tertiary/aromatic N) is 1. The summed E-state index contributed by atoms with van der Waals surface area (Å²) in [6.07, 6.45) is 4.78. The van der Waals surface area contributed by atoms with Crippen molar-refractivity contribution in [2.75, 3.05) is 19.6 Å². The molecule has 0 spiro atoms. The summed E-state index contributed by atoms with van der Waals surface area (Å²) in [5.41, 5.74) is 0.944. The fourth-order valence-electron chi connectivity index (χ4n) is 5.93. The molecule has 1 aromatic rings. The first-order chi connectivity index (χ1) is 12.8. The summed E-state index contributed by atoms with van der Waals surface area (Å²) in [6.45, 7) is 15.0. The molecule has 4 heteroatoms. The second-order valence-electron chi connectivity index (χ2n) is 9.44. The maximum Gasteiger partial charge on any atom is 0.338 e. The van der Waals surface area contributed by atoms with Crippen LogP contribution >= 0.6 is 12.4 Å². The van der Waals surface area contributed by atoms with E-state index in [9.17, 15) is 4.79 Å². The Labute approximate surface area is 177 Å². The molecule has 0 radical (unpaired) electrons. The van der Waals surface area contributed by atoms with Crippen LogP contribution in [0.3, 0.4) is 0 Å². The van der Waals surface area contributed by atoms with Gasteiger partial charge in [-0.2, -0.15) is 0 Å². The highest BCUT2D eigenvalue weighted by Gasteiger charge is 2.67. The molecule has 158 valence electrons. The van der Waals surface area contributed by atoms with E-state index in [4.69, 9.17) is 4.74 Å². The van der Waals surface area contributed by atoms with Gasteiger partial charge >= 0.3 is 5.97 Å². The van der Waals surface area contributed by atoms with Gasteiger partial charge in [0.25, 0.3) is 0 Å². The molecule has 0 amide bonds. The Morgan fingerprint density at radius 1 is 1.11 bits per heavy atom. The first-order valence-corrected chi connectivity index (χ1v) is 10.8. The van der Waals surface area contributed by atoms with Crippen LogP contribution in [0.15, 0.2) is 30.3 Å². The topological polar surface area (TPSA) is 29.5 Å². The second-order valence-corrected chi connectivity index (χ2v) is 9.44. The summed E-state index contributed by atoms with van der Waals surface area (Å²) in [4.78, 5) is 15.5. The van der Waals surface area contributed by atoms with Crippen molar-refractivity contribution in [3.63, 3.8) is 0 Å². The zero-order valence-electron chi connectivity index (χ0n) is 18.2. The molecule has 2 aliphatic carbocycles. The minimum atomic E-state index is -0.160. The number of fused-ring (bicyclic) bond motifs is 2. The molecule has 2 aliphatic rings. The van der Waals surface area contributed by atoms with E-state index in [0.717, 1.165) is 26.1 Å². The zero-order chi connectivity index (χ0) is 19.7. The van der Waals surface area contributed by atoms with Gasteiger partial charge < -0.3 is 9.64 Å². The monoisotopic (exact) mass is 407 g/mol. The number of hydrogen-bond acceptors (Lipinski definition) is 3. The molecule has 0 aliphatic heterocycles. The Bertz CT molecular complexity index is 641. The van der Waals surface area contributed by atoms with E-state index >= 15 is 0 Å². The predicted molar refractivity (Wildman–Crippen MR) is 118 cm³/mol. The summed E-state index contributed by atoms with van der Waals surface area (Å²) >= 11 is 0. The quantitative estimate of drug-likeness (QED) is 0.508. The standard InChI is InChI=1S/C24H37NO2.ClH/c1-6-15-25(16-7-2)17-19-20-13-14-24(5,23(20,3)4)21(19)27-22(26)18-11-9-8-10-12-18;/h8-12,19-21H,6-7,13-17H2,1-5H3;1H. The summed E-state index contributed by atoms with van der Waals surface area (Å²) in [7, 11) is 0. The van der Waals surface area contributed by atoms with Gasteiger partial charge in [0.2, 0.25) is 0 Å². The molecule has 0 saturated heterocycles. The number of benzene rings is 1. The van der Waals surface area contributed by atoms with Crippen LogP contribution in [0.1, 0.15) is 70.7 Å². The summed E-state index contributed by atoms with van der Waals surface area (Å²) in [5.74, 6) is 0.907. The van der Waals surface area contributed by atoms with Crippen molar-refractivity contribution < 1.29 is 9.53 Å². The van der Waals surface area contributed by atoms with Crippen LogP contribution in [0.4, 0.5) is 0 Å². The van der Waals surface area contributed by atoms with E-state index < -0.39 is 0 Å². The van der Waals surface area contributed by atoms with Crippen molar-refractivity contribution in [2.24, 2.45) is 22.7 Å². The van der Waals surface area contributed by atoms with Gasteiger partial charge in [0.15, 0.2) is 0 Å². The fourth-order valence-corrected chi connectivity index (χ4v) is 5.93. The highest BCUT2D eigenvalue weighted by atomic mass is 35.5. The third kappa shape index (κ3) is 3.98. The Hall–Kier alpha value is -1.06. The lowest BCUT2D eigenvalue weighted by Gasteiger charge is -2.40. The third-order valence-corrected chi connectivity index (χ3v) is 7.70. The predicted octanol–water partition coefficient (Wildman–Crippen LogP) is 5.83. The van der Waals surface area contributed by atoms with Gasteiger partial charge in [-0.25, -0.2) is 4.79 Å². The lowest BCUT2D eigenvalue weighted by Crippen LogP contribution is -2.45.